The number of benzene rings is 1. The maximum atomic E-state index is 6.11. The Morgan fingerprint density at radius 3 is 3.15 bits per heavy atom. The molecule has 1 saturated heterocycles. The minimum Gasteiger partial charge on any atom is -0.488 e. The summed E-state index contributed by atoms with van der Waals surface area (Å²) < 4.78 is 6.11. The van der Waals surface area contributed by atoms with Crippen molar-refractivity contribution in [2.45, 2.75) is 51.2 Å². The highest BCUT2D eigenvalue weighted by Crippen LogP contribution is 2.31. The van der Waals surface area contributed by atoms with Gasteiger partial charge in [-0.1, -0.05) is 17.7 Å². The summed E-state index contributed by atoms with van der Waals surface area (Å²) in [4.78, 5) is 2.62. The van der Waals surface area contributed by atoms with Gasteiger partial charge in [-0.2, -0.15) is 0 Å². The Morgan fingerprint density at radius 1 is 1.40 bits per heavy atom. The third-order valence-corrected chi connectivity index (χ3v) is 4.83. The van der Waals surface area contributed by atoms with E-state index in [0.29, 0.717) is 6.10 Å². The Kier molecular flexibility index (Phi) is 4.52. The number of alkyl halides is 1. The van der Waals surface area contributed by atoms with E-state index in [2.05, 4.69) is 30.0 Å². The second-order valence-corrected chi connectivity index (χ2v) is 6.56. The Labute approximate surface area is 127 Å². The number of ether oxygens (including phenoxy) is 1. The van der Waals surface area contributed by atoms with Crippen molar-refractivity contribution < 1.29 is 4.74 Å². The average molecular weight is 294 g/mol. The molecule has 0 N–H and O–H groups in total. The lowest BCUT2D eigenvalue weighted by molar-refractivity contribution is 0.138. The van der Waals surface area contributed by atoms with Gasteiger partial charge in [-0.25, -0.2) is 0 Å². The lowest BCUT2D eigenvalue weighted by atomic mass is 10.1. The van der Waals surface area contributed by atoms with E-state index in [9.17, 15) is 0 Å². The quantitative estimate of drug-likeness (QED) is 0.766. The van der Waals surface area contributed by atoms with Crippen molar-refractivity contribution in [1.82, 2.24) is 4.90 Å². The molecule has 1 aromatic carbocycles. The fourth-order valence-electron chi connectivity index (χ4n) is 3.59. The van der Waals surface area contributed by atoms with Gasteiger partial charge in [0.05, 0.1) is 0 Å². The molecule has 2 aliphatic rings. The van der Waals surface area contributed by atoms with Crippen LogP contribution in [-0.2, 0) is 6.42 Å². The van der Waals surface area contributed by atoms with Crippen molar-refractivity contribution in [3.05, 3.63) is 29.3 Å². The van der Waals surface area contributed by atoms with Crippen LogP contribution < -0.4 is 4.74 Å². The lowest BCUT2D eigenvalue weighted by Crippen LogP contribution is -2.38. The van der Waals surface area contributed by atoms with Gasteiger partial charge in [-0.05, 0) is 50.8 Å². The molecule has 1 fully saturated rings. The molecule has 2 unspecified atom stereocenters. The molecule has 2 heterocycles. The van der Waals surface area contributed by atoms with Crippen LogP contribution in [0.1, 0.15) is 36.8 Å². The van der Waals surface area contributed by atoms with Crippen molar-refractivity contribution in [3.63, 3.8) is 0 Å². The van der Waals surface area contributed by atoms with Crippen LogP contribution in [0.4, 0.5) is 0 Å². The average Bonchev–Trinajstić information content (AvgIpc) is 3.02. The smallest absolute Gasteiger partial charge is 0.123 e. The monoisotopic (exact) mass is 293 g/mol. The van der Waals surface area contributed by atoms with Gasteiger partial charge in [-0.3, -0.25) is 4.90 Å². The summed E-state index contributed by atoms with van der Waals surface area (Å²) >= 11 is 5.83. The van der Waals surface area contributed by atoms with Crippen LogP contribution in [-0.4, -0.2) is 36.0 Å². The van der Waals surface area contributed by atoms with E-state index in [4.69, 9.17) is 16.3 Å². The first-order chi connectivity index (χ1) is 9.76. The maximum Gasteiger partial charge on any atom is 0.123 e. The Hall–Kier alpha value is -0.730. The summed E-state index contributed by atoms with van der Waals surface area (Å²) in [5, 5.41) is 0. The maximum absolute atomic E-state index is 6.11. The van der Waals surface area contributed by atoms with E-state index in [1.54, 1.807) is 0 Å². The van der Waals surface area contributed by atoms with E-state index in [1.807, 2.05) is 0 Å². The van der Waals surface area contributed by atoms with Gasteiger partial charge in [0.2, 0.25) is 0 Å². The number of fused-ring (bicyclic) bond motifs is 1. The largest absolute Gasteiger partial charge is 0.488 e. The molecule has 0 radical (unpaired) electrons. The molecule has 0 saturated carbocycles. The fraction of sp³-hybridized carbons (Fsp3) is 0.647. The first-order valence-electron chi connectivity index (χ1n) is 7.82. The Bertz CT molecular complexity index is 462. The first kappa shape index (κ1) is 14.2. The molecule has 2 nitrogen and oxygen atoms in total. The summed E-state index contributed by atoms with van der Waals surface area (Å²) in [6.07, 6.45) is 6.43. The summed E-state index contributed by atoms with van der Waals surface area (Å²) in [5.74, 6) is 1.88. The van der Waals surface area contributed by atoms with Gasteiger partial charge in [0.1, 0.15) is 11.9 Å². The molecule has 110 valence electrons. The van der Waals surface area contributed by atoms with Gasteiger partial charge >= 0.3 is 0 Å². The lowest BCUT2D eigenvalue weighted by Gasteiger charge is -2.26. The topological polar surface area (TPSA) is 12.5 Å². The van der Waals surface area contributed by atoms with Gasteiger partial charge in [-0.15, -0.1) is 11.6 Å². The Balaban J connectivity index is 1.57. The van der Waals surface area contributed by atoms with E-state index < -0.39 is 0 Å². The molecule has 2 atom stereocenters. The summed E-state index contributed by atoms with van der Waals surface area (Å²) in [6.45, 7) is 4.44. The van der Waals surface area contributed by atoms with Crippen molar-refractivity contribution in [1.29, 1.82) is 0 Å². The number of aryl methyl sites for hydroxylation is 1. The van der Waals surface area contributed by atoms with Gasteiger partial charge in [0, 0.05) is 24.9 Å². The van der Waals surface area contributed by atoms with Crippen molar-refractivity contribution >= 4 is 11.6 Å². The summed E-state index contributed by atoms with van der Waals surface area (Å²) in [6, 6.07) is 7.26. The van der Waals surface area contributed by atoms with Crippen LogP contribution in [0.3, 0.4) is 0 Å². The third kappa shape index (κ3) is 3.12. The van der Waals surface area contributed by atoms with Gasteiger partial charge < -0.3 is 4.74 Å². The van der Waals surface area contributed by atoms with Crippen LogP contribution in [0.25, 0.3) is 0 Å². The number of hydrogen-bond acceptors (Lipinski definition) is 2. The zero-order valence-corrected chi connectivity index (χ0v) is 13.0. The van der Waals surface area contributed by atoms with Crippen molar-refractivity contribution in [3.8, 4) is 5.75 Å². The number of likely N-dealkylation sites (tertiary alicyclic amines) is 1. The van der Waals surface area contributed by atoms with E-state index in [0.717, 1.165) is 37.1 Å². The predicted octanol–water partition coefficient (Wildman–Crippen LogP) is 3.78. The normalized spacial score (nSPS) is 25.7. The third-order valence-electron chi connectivity index (χ3n) is 4.57. The van der Waals surface area contributed by atoms with Crippen molar-refractivity contribution in [2.24, 2.45) is 0 Å². The fourth-order valence-corrected chi connectivity index (χ4v) is 3.74. The molecule has 3 rings (SSSR count). The first-order valence-corrected chi connectivity index (χ1v) is 8.36. The second-order valence-electron chi connectivity index (χ2n) is 6.18. The molecule has 0 amide bonds. The molecule has 0 aromatic heterocycles. The summed E-state index contributed by atoms with van der Waals surface area (Å²) in [7, 11) is 0. The zero-order valence-electron chi connectivity index (χ0n) is 12.3. The number of hydrogen-bond donors (Lipinski definition) is 0. The molecule has 2 aliphatic heterocycles. The highest BCUT2D eigenvalue weighted by molar-refractivity contribution is 6.17. The standard InChI is InChI=1S/C17H24ClNO/c1-13-6-7-17-14(10-13)11-16(20-17)12-19-9-3-5-15(19)4-2-8-18/h6-7,10,15-16H,2-5,8-9,11-12H2,1H3. The number of rotatable bonds is 5. The van der Waals surface area contributed by atoms with Crippen LogP contribution in [0.2, 0.25) is 0 Å². The van der Waals surface area contributed by atoms with E-state index in [1.165, 1.54) is 36.9 Å². The summed E-state index contributed by atoms with van der Waals surface area (Å²) in [5.41, 5.74) is 2.71. The molecule has 3 heteroatoms. The zero-order chi connectivity index (χ0) is 13.9. The molecule has 0 bridgehead atoms. The molecular formula is C17H24ClNO. The van der Waals surface area contributed by atoms with Crippen molar-refractivity contribution in [2.75, 3.05) is 19.0 Å². The SMILES string of the molecule is Cc1ccc2c(c1)CC(CN1CCCC1CCCCl)O2. The molecule has 0 aliphatic carbocycles. The Morgan fingerprint density at radius 2 is 2.30 bits per heavy atom. The minimum atomic E-state index is 0.336. The van der Waals surface area contributed by atoms with Crippen LogP contribution in [0.15, 0.2) is 18.2 Å². The highest BCUT2D eigenvalue weighted by atomic mass is 35.5. The highest BCUT2D eigenvalue weighted by Gasteiger charge is 2.30. The molecule has 20 heavy (non-hydrogen) atoms. The van der Waals surface area contributed by atoms with Gasteiger partial charge in [0.25, 0.3) is 0 Å². The number of halogens is 1. The van der Waals surface area contributed by atoms with Crippen LogP contribution in [0.5, 0.6) is 5.75 Å². The van der Waals surface area contributed by atoms with Crippen LogP contribution >= 0.6 is 11.6 Å². The molecule has 0 spiro atoms. The molecule has 1 aromatic rings. The van der Waals surface area contributed by atoms with Gasteiger partial charge in [0.15, 0.2) is 0 Å². The second kappa shape index (κ2) is 6.36. The molecular weight excluding hydrogens is 270 g/mol. The van der Waals surface area contributed by atoms with Crippen LogP contribution in [0, 0.1) is 6.92 Å². The van der Waals surface area contributed by atoms with E-state index >= 15 is 0 Å². The minimum absolute atomic E-state index is 0.336. The predicted molar refractivity (Wildman–Crippen MR) is 83.8 cm³/mol. The van der Waals surface area contributed by atoms with E-state index in [-0.39, 0.29) is 0 Å². The number of nitrogens with zero attached hydrogens (tertiary/aromatic N) is 1.